The normalized spacial score (nSPS) is 56.3. The Hall–Kier alpha value is -0.570. The van der Waals surface area contributed by atoms with E-state index >= 15 is 0 Å². The lowest BCUT2D eigenvalue weighted by molar-refractivity contribution is -0.112. The van der Waals surface area contributed by atoms with Gasteiger partial charge in [0.05, 0.1) is 11.8 Å². The van der Waals surface area contributed by atoms with Crippen LogP contribution in [0.5, 0.6) is 0 Å². The molecule has 0 saturated heterocycles. The quantitative estimate of drug-likeness (QED) is 0.520. The van der Waals surface area contributed by atoms with Gasteiger partial charge in [-0.25, -0.2) is 0 Å². The third-order valence-electron chi connectivity index (χ3n) is 8.59. The number of aliphatic hydroxyl groups is 1. The first-order chi connectivity index (χ1) is 10.5. The van der Waals surface area contributed by atoms with Gasteiger partial charge in [-0.3, -0.25) is 0 Å². The number of hydrogen-bond donors (Lipinski definition) is 2. The molecule has 4 saturated carbocycles. The van der Waals surface area contributed by atoms with Crippen LogP contribution in [0.25, 0.3) is 0 Å². The maximum Gasteiger partial charge on any atom is 0.0596 e. The molecule has 0 unspecified atom stereocenters. The summed E-state index contributed by atoms with van der Waals surface area (Å²) in [4.78, 5) is 0. The summed E-state index contributed by atoms with van der Waals surface area (Å²) < 4.78 is 0. The maximum atomic E-state index is 10.5. The highest BCUT2D eigenvalue weighted by Gasteiger charge is 2.59. The second kappa shape index (κ2) is 4.96. The summed E-state index contributed by atoms with van der Waals surface area (Å²) in [5.41, 5.74) is 1.65. The predicted octanol–water partition coefficient (Wildman–Crippen LogP) is 4.22. The van der Waals surface area contributed by atoms with Crippen LogP contribution in [0.4, 0.5) is 0 Å². The van der Waals surface area contributed by atoms with Crippen molar-refractivity contribution in [1.82, 2.24) is 0 Å². The summed E-state index contributed by atoms with van der Waals surface area (Å²) >= 11 is 0. The first-order valence-corrected chi connectivity index (χ1v) is 9.37. The van der Waals surface area contributed by atoms with Gasteiger partial charge in [0, 0.05) is 0 Å². The van der Waals surface area contributed by atoms with Crippen molar-refractivity contribution in [2.75, 3.05) is 0 Å². The molecule has 4 aliphatic rings. The lowest BCUT2D eigenvalue weighted by atomic mass is 9.45. The van der Waals surface area contributed by atoms with Gasteiger partial charge in [-0.15, -0.1) is 0 Å². The van der Waals surface area contributed by atoms with Crippen molar-refractivity contribution in [3.63, 3.8) is 0 Å². The molecule has 4 rings (SSSR count). The van der Waals surface area contributed by atoms with Gasteiger partial charge in [-0.05, 0) is 92.3 Å². The van der Waals surface area contributed by atoms with E-state index < -0.39 is 0 Å². The molecule has 3 nitrogen and oxygen atoms in total. The van der Waals surface area contributed by atoms with Crippen LogP contribution in [0.15, 0.2) is 5.16 Å². The largest absolute Gasteiger partial charge is 0.411 e. The molecule has 0 aromatic carbocycles. The summed E-state index contributed by atoms with van der Waals surface area (Å²) in [5.74, 6) is 3.11. The van der Waals surface area contributed by atoms with Gasteiger partial charge in [-0.1, -0.05) is 19.0 Å². The molecule has 0 aromatic rings. The molecule has 2 N–H and O–H groups in total. The molecule has 4 fully saturated rings. The Balaban J connectivity index is 1.62. The Morgan fingerprint density at radius 3 is 2.50 bits per heavy atom. The second-order valence-electron chi connectivity index (χ2n) is 9.16. The van der Waals surface area contributed by atoms with Crippen LogP contribution in [0, 0.1) is 34.5 Å². The van der Waals surface area contributed by atoms with Crippen molar-refractivity contribution >= 4 is 5.71 Å². The fourth-order valence-electron chi connectivity index (χ4n) is 7.12. The zero-order valence-corrected chi connectivity index (χ0v) is 14.1. The highest BCUT2D eigenvalue weighted by Crippen LogP contribution is 2.65. The minimum Gasteiger partial charge on any atom is -0.411 e. The van der Waals surface area contributed by atoms with E-state index in [2.05, 4.69) is 19.0 Å². The van der Waals surface area contributed by atoms with Crippen LogP contribution in [0.3, 0.4) is 0 Å². The molecule has 3 heteroatoms. The van der Waals surface area contributed by atoms with E-state index in [-0.39, 0.29) is 11.5 Å². The molecule has 0 bridgehead atoms. The average molecular weight is 305 g/mol. The molecule has 0 amide bonds. The van der Waals surface area contributed by atoms with Gasteiger partial charge in [-0.2, -0.15) is 0 Å². The molecular formula is C19H31NO2. The van der Waals surface area contributed by atoms with Crippen LogP contribution in [0.2, 0.25) is 0 Å². The monoisotopic (exact) mass is 305 g/mol. The van der Waals surface area contributed by atoms with Gasteiger partial charge in [0.1, 0.15) is 0 Å². The minimum absolute atomic E-state index is 0.0662. The summed E-state index contributed by atoms with van der Waals surface area (Å²) in [6.45, 7) is 4.88. The summed E-state index contributed by atoms with van der Waals surface area (Å²) in [6.07, 6.45) is 10.5. The zero-order chi connectivity index (χ0) is 15.5. The van der Waals surface area contributed by atoms with E-state index in [1.165, 1.54) is 38.5 Å². The van der Waals surface area contributed by atoms with Crippen molar-refractivity contribution in [3.8, 4) is 0 Å². The third-order valence-corrected chi connectivity index (χ3v) is 8.59. The van der Waals surface area contributed by atoms with Crippen molar-refractivity contribution in [3.05, 3.63) is 0 Å². The lowest BCUT2D eigenvalue weighted by Gasteiger charge is -2.60. The first-order valence-electron chi connectivity index (χ1n) is 9.37. The van der Waals surface area contributed by atoms with E-state index in [0.717, 1.165) is 42.7 Å². The molecule has 7 atom stereocenters. The third kappa shape index (κ3) is 1.87. The Kier molecular flexibility index (Phi) is 3.38. The predicted molar refractivity (Wildman–Crippen MR) is 87.0 cm³/mol. The second-order valence-corrected chi connectivity index (χ2v) is 9.16. The van der Waals surface area contributed by atoms with Gasteiger partial charge >= 0.3 is 0 Å². The number of fused-ring (bicyclic) bond motifs is 5. The van der Waals surface area contributed by atoms with Crippen LogP contribution < -0.4 is 0 Å². The summed E-state index contributed by atoms with van der Waals surface area (Å²) in [5, 5.41) is 23.2. The van der Waals surface area contributed by atoms with Gasteiger partial charge in [0.15, 0.2) is 0 Å². The van der Waals surface area contributed by atoms with Crippen molar-refractivity contribution in [2.45, 2.75) is 77.7 Å². The molecule has 0 heterocycles. The van der Waals surface area contributed by atoms with Gasteiger partial charge < -0.3 is 10.3 Å². The summed E-state index contributed by atoms with van der Waals surface area (Å²) in [7, 11) is 0. The first kappa shape index (κ1) is 15.0. The van der Waals surface area contributed by atoms with E-state index in [1.807, 2.05) is 0 Å². The average Bonchev–Trinajstić information content (AvgIpc) is 2.82. The van der Waals surface area contributed by atoms with E-state index in [1.54, 1.807) is 0 Å². The Morgan fingerprint density at radius 1 is 0.955 bits per heavy atom. The highest BCUT2D eigenvalue weighted by atomic mass is 16.4. The van der Waals surface area contributed by atoms with Gasteiger partial charge in [0.25, 0.3) is 0 Å². The van der Waals surface area contributed by atoms with Crippen LogP contribution in [0.1, 0.15) is 71.6 Å². The van der Waals surface area contributed by atoms with Crippen molar-refractivity contribution < 1.29 is 10.3 Å². The molecule has 0 spiro atoms. The molecule has 0 aromatic heterocycles. The Bertz CT molecular complexity index is 490. The fourth-order valence-corrected chi connectivity index (χ4v) is 7.12. The smallest absolute Gasteiger partial charge is 0.0596 e. The summed E-state index contributed by atoms with van der Waals surface area (Å²) in [6, 6.07) is 0. The number of oxime groups is 1. The van der Waals surface area contributed by atoms with Crippen molar-refractivity contribution in [2.24, 2.45) is 39.7 Å². The minimum atomic E-state index is -0.0662. The fraction of sp³-hybridized carbons (Fsp3) is 0.947. The molecule has 0 aliphatic heterocycles. The van der Waals surface area contributed by atoms with E-state index in [4.69, 9.17) is 5.21 Å². The Labute approximate surface area is 134 Å². The van der Waals surface area contributed by atoms with E-state index in [0.29, 0.717) is 11.3 Å². The van der Waals surface area contributed by atoms with Crippen LogP contribution in [-0.2, 0) is 0 Å². The molecular weight excluding hydrogens is 274 g/mol. The molecule has 4 aliphatic carbocycles. The SMILES string of the molecule is C[C@]12CC/C(=N/O)C[C@H]1CC[C@@H]1[C@@H]2CC[C@]2(C)[C@H](O)CC[C@@H]12. The van der Waals surface area contributed by atoms with E-state index in [9.17, 15) is 5.11 Å². The van der Waals surface area contributed by atoms with Crippen LogP contribution >= 0.6 is 0 Å². The standard InChI is InChI=1S/C19H31NO2/c1-18-9-7-13(20-22)11-12(18)3-4-14-15-5-6-17(21)19(15,2)10-8-16(14)18/h12,14-17,21-22H,3-11H2,1-2H3/b20-13-/t12-,14+,15+,16+,17-,18+,19+/m1/s1. The lowest BCUT2D eigenvalue weighted by Crippen LogP contribution is -2.54. The topological polar surface area (TPSA) is 52.8 Å². The number of nitrogens with zero attached hydrogens (tertiary/aromatic N) is 1. The molecule has 124 valence electrons. The Morgan fingerprint density at radius 2 is 1.73 bits per heavy atom. The van der Waals surface area contributed by atoms with Gasteiger partial charge in [0.2, 0.25) is 0 Å². The zero-order valence-electron chi connectivity index (χ0n) is 14.1. The number of hydrogen-bond acceptors (Lipinski definition) is 3. The number of aliphatic hydroxyl groups excluding tert-OH is 1. The van der Waals surface area contributed by atoms with Crippen LogP contribution in [-0.4, -0.2) is 22.1 Å². The molecule has 22 heavy (non-hydrogen) atoms. The van der Waals surface area contributed by atoms with Crippen molar-refractivity contribution in [1.29, 1.82) is 0 Å². The number of rotatable bonds is 0. The molecule has 0 radical (unpaired) electrons. The highest BCUT2D eigenvalue weighted by molar-refractivity contribution is 5.85. The maximum absolute atomic E-state index is 10.5.